The highest BCUT2D eigenvalue weighted by Crippen LogP contribution is 2.23. The van der Waals surface area contributed by atoms with Gasteiger partial charge in [0.1, 0.15) is 6.04 Å². The highest BCUT2D eigenvalue weighted by Gasteiger charge is 2.34. The number of hydrogen-bond donors (Lipinski definition) is 1. The summed E-state index contributed by atoms with van der Waals surface area (Å²) in [5.74, 6) is -0.0662. The van der Waals surface area contributed by atoms with Crippen LogP contribution in [0.5, 0.6) is 0 Å². The third-order valence-electron chi connectivity index (χ3n) is 3.61. The summed E-state index contributed by atoms with van der Waals surface area (Å²) >= 11 is 1.50. The Morgan fingerprint density at radius 1 is 1.40 bits per heavy atom. The Kier molecular flexibility index (Phi) is 4.45. The van der Waals surface area contributed by atoms with Crippen molar-refractivity contribution in [1.29, 1.82) is 0 Å². The molecule has 1 aliphatic rings. The molecule has 1 aliphatic heterocycles. The third-order valence-corrected chi connectivity index (χ3v) is 4.75. The molecule has 0 radical (unpaired) electrons. The number of nitrogens with one attached hydrogen (secondary N) is 1. The molecular formula is C14H21N3O2S. The maximum atomic E-state index is 12.6. The molecule has 2 rings (SSSR count). The first-order valence-corrected chi connectivity index (χ1v) is 7.53. The maximum absolute atomic E-state index is 12.6. The number of likely N-dealkylation sites (N-methyl/N-ethyl adjacent to an activating group) is 1. The van der Waals surface area contributed by atoms with Crippen molar-refractivity contribution in [1.82, 2.24) is 15.1 Å². The Labute approximate surface area is 123 Å². The van der Waals surface area contributed by atoms with Crippen LogP contribution in [0.1, 0.15) is 20.1 Å². The molecule has 1 unspecified atom stereocenters. The molecule has 1 N–H and O–H groups in total. The zero-order valence-electron chi connectivity index (χ0n) is 12.4. The number of carbonyl (C=O) groups is 2. The zero-order valence-corrected chi connectivity index (χ0v) is 13.2. The quantitative estimate of drug-likeness (QED) is 0.881. The van der Waals surface area contributed by atoms with Gasteiger partial charge in [-0.15, -0.1) is 11.3 Å². The van der Waals surface area contributed by atoms with Crippen molar-refractivity contribution in [3.05, 3.63) is 21.4 Å². The van der Waals surface area contributed by atoms with Crippen molar-refractivity contribution in [2.24, 2.45) is 0 Å². The van der Waals surface area contributed by atoms with Crippen LogP contribution in [0.15, 0.2) is 6.07 Å². The number of thiophene rings is 1. The Morgan fingerprint density at radius 2 is 2.10 bits per heavy atom. The predicted molar refractivity (Wildman–Crippen MR) is 80.2 cm³/mol. The topological polar surface area (TPSA) is 52.7 Å². The van der Waals surface area contributed by atoms with Crippen molar-refractivity contribution >= 4 is 23.2 Å². The van der Waals surface area contributed by atoms with E-state index < -0.39 is 6.04 Å². The second-order valence-corrected chi connectivity index (χ2v) is 6.56. The van der Waals surface area contributed by atoms with Crippen LogP contribution in [0.3, 0.4) is 0 Å². The summed E-state index contributed by atoms with van der Waals surface area (Å²) in [5, 5.41) is 3.19. The van der Waals surface area contributed by atoms with E-state index in [1.165, 1.54) is 11.3 Å². The summed E-state index contributed by atoms with van der Waals surface area (Å²) in [6.07, 6.45) is 0. The van der Waals surface area contributed by atoms with Crippen molar-refractivity contribution in [3.63, 3.8) is 0 Å². The number of rotatable bonds is 2. The van der Waals surface area contributed by atoms with Crippen LogP contribution in [-0.2, 0) is 4.79 Å². The molecule has 5 nitrogen and oxygen atoms in total. The number of carbonyl (C=O) groups excluding carboxylic acids is 2. The van der Waals surface area contributed by atoms with Crippen LogP contribution in [0, 0.1) is 13.8 Å². The molecule has 110 valence electrons. The maximum Gasteiger partial charge on any atom is 0.264 e. The second-order valence-electron chi connectivity index (χ2n) is 5.30. The highest BCUT2D eigenvalue weighted by atomic mass is 32.1. The fourth-order valence-corrected chi connectivity index (χ4v) is 3.28. The van der Waals surface area contributed by atoms with Gasteiger partial charge in [0.05, 0.1) is 4.88 Å². The largest absolute Gasteiger partial charge is 0.347 e. The van der Waals surface area contributed by atoms with Crippen molar-refractivity contribution < 1.29 is 9.59 Å². The van der Waals surface area contributed by atoms with Crippen LogP contribution in [0.25, 0.3) is 0 Å². The van der Waals surface area contributed by atoms with E-state index in [2.05, 4.69) is 5.32 Å². The first-order valence-electron chi connectivity index (χ1n) is 6.71. The third kappa shape index (κ3) is 2.86. The van der Waals surface area contributed by atoms with Crippen LogP contribution in [-0.4, -0.2) is 61.4 Å². The molecule has 1 fully saturated rings. The van der Waals surface area contributed by atoms with Gasteiger partial charge in [0.25, 0.3) is 5.91 Å². The molecule has 1 saturated heterocycles. The fourth-order valence-electron chi connectivity index (χ4n) is 2.29. The molecule has 1 aromatic heterocycles. The lowest BCUT2D eigenvalue weighted by Crippen LogP contribution is -2.59. The van der Waals surface area contributed by atoms with Crippen LogP contribution in [0.4, 0.5) is 0 Å². The zero-order chi connectivity index (χ0) is 14.9. The Bertz CT molecular complexity index is 505. The summed E-state index contributed by atoms with van der Waals surface area (Å²) < 4.78 is 0. The molecule has 0 bridgehead atoms. The summed E-state index contributed by atoms with van der Waals surface area (Å²) in [7, 11) is 3.44. The number of hydrogen-bond acceptors (Lipinski definition) is 4. The number of piperazine rings is 1. The molecule has 1 atom stereocenters. The summed E-state index contributed by atoms with van der Waals surface area (Å²) in [5.41, 5.74) is 1.13. The number of aryl methyl sites for hydroxylation is 2. The molecule has 6 heteroatoms. The Balaban J connectivity index is 2.23. The lowest BCUT2D eigenvalue weighted by molar-refractivity contribution is -0.134. The summed E-state index contributed by atoms with van der Waals surface area (Å²) in [6.45, 7) is 5.83. The number of nitrogens with zero attached hydrogens (tertiary/aromatic N) is 2. The molecular weight excluding hydrogens is 274 g/mol. The summed E-state index contributed by atoms with van der Waals surface area (Å²) in [6, 6.07) is 1.51. The normalized spacial score (nSPS) is 19.0. The second kappa shape index (κ2) is 5.93. The van der Waals surface area contributed by atoms with Crippen LogP contribution in [0.2, 0.25) is 0 Å². The van der Waals surface area contributed by atoms with Gasteiger partial charge >= 0.3 is 0 Å². The van der Waals surface area contributed by atoms with Crippen molar-refractivity contribution in [3.8, 4) is 0 Å². The molecule has 0 aromatic carbocycles. The smallest absolute Gasteiger partial charge is 0.264 e. The van der Waals surface area contributed by atoms with Gasteiger partial charge in [0.2, 0.25) is 5.91 Å². The standard InChI is InChI=1S/C14H21N3O2S/c1-9-7-12(20-10(9)2)14(19)17-6-5-15-8-11(17)13(18)16(3)4/h7,11,15H,5-6,8H2,1-4H3. The van der Waals surface area contributed by atoms with E-state index in [0.717, 1.165) is 21.9 Å². The molecule has 2 heterocycles. The first-order chi connectivity index (χ1) is 9.41. The fraction of sp³-hybridized carbons (Fsp3) is 0.571. The summed E-state index contributed by atoms with van der Waals surface area (Å²) in [4.78, 5) is 30.0. The molecule has 1 aromatic rings. The minimum absolute atomic E-state index is 0.0319. The van der Waals surface area contributed by atoms with Gasteiger partial charge in [-0.3, -0.25) is 9.59 Å². The molecule has 0 spiro atoms. The SMILES string of the molecule is Cc1cc(C(=O)N2CCNCC2C(=O)N(C)C)sc1C. The van der Waals surface area contributed by atoms with E-state index >= 15 is 0 Å². The molecule has 0 saturated carbocycles. The average molecular weight is 295 g/mol. The van der Waals surface area contributed by atoms with Gasteiger partial charge in [-0.25, -0.2) is 0 Å². The highest BCUT2D eigenvalue weighted by molar-refractivity contribution is 7.14. The molecule has 0 aliphatic carbocycles. The van der Waals surface area contributed by atoms with E-state index in [9.17, 15) is 9.59 Å². The van der Waals surface area contributed by atoms with Gasteiger partial charge in [-0.05, 0) is 25.5 Å². The Hall–Kier alpha value is -1.40. The van der Waals surface area contributed by atoms with E-state index in [-0.39, 0.29) is 11.8 Å². The van der Waals surface area contributed by atoms with Gasteiger partial charge < -0.3 is 15.1 Å². The van der Waals surface area contributed by atoms with E-state index in [1.54, 1.807) is 23.9 Å². The van der Waals surface area contributed by atoms with Crippen molar-refractivity contribution in [2.45, 2.75) is 19.9 Å². The monoisotopic (exact) mass is 295 g/mol. The van der Waals surface area contributed by atoms with Crippen LogP contribution < -0.4 is 5.32 Å². The van der Waals surface area contributed by atoms with E-state index in [0.29, 0.717) is 13.1 Å². The first kappa shape index (κ1) is 15.0. The molecule has 2 amide bonds. The molecule has 20 heavy (non-hydrogen) atoms. The minimum Gasteiger partial charge on any atom is -0.347 e. The Morgan fingerprint density at radius 3 is 2.65 bits per heavy atom. The van der Waals surface area contributed by atoms with Gasteiger partial charge in [-0.1, -0.05) is 0 Å². The van der Waals surface area contributed by atoms with Gasteiger partial charge in [0, 0.05) is 38.6 Å². The van der Waals surface area contributed by atoms with E-state index in [4.69, 9.17) is 0 Å². The van der Waals surface area contributed by atoms with Gasteiger partial charge in [0.15, 0.2) is 0 Å². The lowest BCUT2D eigenvalue weighted by Gasteiger charge is -2.36. The minimum atomic E-state index is -0.408. The van der Waals surface area contributed by atoms with E-state index in [1.807, 2.05) is 19.9 Å². The number of amides is 2. The van der Waals surface area contributed by atoms with Crippen LogP contribution >= 0.6 is 11.3 Å². The van der Waals surface area contributed by atoms with Gasteiger partial charge in [-0.2, -0.15) is 0 Å². The predicted octanol–water partition coefficient (Wildman–Crippen LogP) is 0.867. The van der Waals surface area contributed by atoms with Crippen molar-refractivity contribution in [2.75, 3.05) is 33.7 Å². The average Bonchev–Trinajstić information content (AvgIpc) is 2.77. The lowest BCUT2D eigenvalue weighted by atomic mass is 10.1.